The molecule has 3 aliphatic rings. The van der Waals surface area contributed by atoms with Crippen molar-refractivity contribution in [3.05, 3.63) is 0 Å². The molecule has 152 valence electrons. The fourth-order valence-corrected chi connectivity index (χ4v) is 5.20. The number of aliphatic carboxylic acids is 1. The smallest absolute Gasteiger partial charge is 0.550 e. The van der Waals surface area contributed by atoms with E-state index in [1.54, 1.807) is 0 Å². The second kappa shape index (κ2) is 11.0. The monoisotopic (exact) mass is 400 g/mol. The summed E-state index contributed by atoms with van der Waals surface area (Å²) < 4.78 is 0. The van der Waals surface area contributed by atoms with Gasteiger partial charge < -0.3 is 20.1 Å². The van der Waals surface area contributed by atoms with Crippen LogP contribution in [0.3, 0.4) is 0 Å². The van der Waals surface area contributed by atoms with E-state index in [9.17, 15) is 19.5 Å². The van der Waals surface area contributed by atoms with Gasteiger partial charge in [0.25, 0.3) is 0 Å². The zero-order chi connectivity index (χ0) is 19.3. The number of carbonyl (C=O) groups excluding carboxylic acids is 3. The Morgan fingerprint density at radius 1 is 0.964 bits per heavy atom. The minimum atomic E-state index is -1.11. The Morgan fingerprint density at radius 3 is 2.18 bits per heavy atom. The molecule has 28 heavy (non-hydrogen) atoms. The fraction of sp³-hybridized carbons (Fsp3) is 0.857. The molecule has 3 rings (SSSR count). The quantitative estimate of drug-likeness (QED) is 0.469. The topological polar surface area (TPSA) is 89.5 Å². The van der Waals surface area contributed by atoms with E-state index in [0.29, 0.717) is 25.3 Å². The predicted octanol–water partition coefficient (Wildman–Crippen LogP) is -1.09. The molecule has 0 aromatic rings. The molecule has 7 heteroatoms. The van der Waals surface area contributed by atoms with Crippen LogP contribution in [0.15, 0.2) is 0 Å². The van der Waals surface area contributed by atoms with Gasteiger partial charge in [-0.3, -0.25) is 9.59 Å². The van der Waals surface area contributed by atoms with Crippen LogP contribution in [0.4, 0.5) is 0 Å². The Hall–Kier alpha value is -0.590. The van der Waals surface area contributed by atoms with Crippen molar-refractivity contribution in [2.75, 3.05) is 6.54 Å². The summed E-state index contributed by atoms with van der Waals surface area (Å²) >= 11 is 0. The van der Waals surface area contributed by atoms with Crippen LogP contribution in [0.1, 0.15) is 89.9 Å². The third-order valence-corrected chi connectivity index (χ3v) is 6.82. The van der Waals surface area contributed by atoms with E-state index < -0.39 is 17.4 Å². The first-order chi connectivity index (χ1) is 13.0. The minimum Gasteiger partial charge on any atom is -0.550 e. The van der Waals surface area contributed by atoms with Crippen molar-refractivity contribution >= 4 is 17.8 Å². The number of carboxylic acids is 1. The van der Waals surface area contributed by atoms with Crippen LogP contribution in [-0.2, 0) is 14.4 Å². The van der Waals surface area contributed by atoms with Crippen molar-refractivity contribution in [3.63, 3.8) is 0 Å². The second-order valence-corrected chi connectivity index (χ2v) is 8.74. The zero-order valence-corrected chi connectivity index (χ0v) is 19.3. The van der Waals surface area contributed by atoms with Crippen LogP contribution >= 0.6 is 0 Å². The number of carboxylic acid groups (broad SMARTS) is 1. The molecular weight excluding hydrogens is 367 g/mol. The van der Waals surface area contributed by atoms with Gasteiger partial charge in [-0.2, -0.15) is 0 Å². The number of likely N-dealkylation sites (tertiary alicyclic amines) is 1. The van der Waals surface area contributed by atoms with Gasteiger partial charge in [0.2, 0.25) is 11.8 Å². The van der Waals surface area contributed by atoms with Gasteiger partial charge >= 0.3 is 29.6 Å². The van der Waals surface area contributed by atoms with E-state index in [4.69, 9.17) is 0 Å². The Labute approximate surface area is 190 Å². The van der Waals surface area contributed by atoms with Crippen LogP contribution in [0, 0.1) is 5.41 Å². The third-order valence-electron chi connectivity index (χ3n) is 6.82. The second-order valence-electron chi connectivity index (χ2n) is 8.74. The van der Waals surface area contributed by atoms with Crippen molar-refractivity contribution in [1.29, 1.82) is 0 Å². The van der Waals surface area contributed by atoms with Crippen LogP contribution in [0.2, 0.25) is 0 Å². The zero-order valence-electron chi connectivity index (χ0n) is 17.3. The first kappa shape index (κ1) is 23.7. The molecule has 0 radical (unpaired) electrons. The van der Waals surface area contributed by atoms with Gasteiger partial charge in [-0.15, -0.1) is 0 Å². The molecule has 1 N–H and O–H groups in total. The summed E-state index contributed by atoms with van der Waals surface area (Å²) in [6.45, 7) is 0.777. The maximum absolute atomic E-state index is 12.9. The molecule has 1 atom stereocenters. The number of nitrogens with zero attached hydrogens (tertiary/aromatic N) is 1. The summed E-state index contributed by atoms with van der Waals surface area (Å²) in [6.07, 6.45) is 11.8. The van der Waals surface area contributed by atoms with Gasteiger partial charge in [0.15, 0.2) is 0 Å². The Bertz CT molecular complexity index is 555. The number of amides is 2. The van der Waals surface area contributed by atoms with Crippen molar-refractivity contribution in [1.82, 2.24) is 10.2 Å². The molecule has 1 aliphatic heterocycles. The van der Waals surface area contributed by atoms with Crippen LogP contribution in [0.5, 0.6) is 0 Å². The summed E-state index contributed by atoms with van der Waals surface area (Å²) in [6, 6.07) is -0.194. The molecular formula is C21H33N2NaO4. The minimum absolute atomic E-state index is 0. The molecule has 1 saturated heterocycles. The van der Waals surface area contributed by atoms with Gasteiger partial charge in [-0.05, 0) is 38.5 Å². The molecule has 3 fully saturated rings. The first-order valence-corrected chi connectivity index (χ1v) is 10.8. The van der Waals surface area contributed by atoms with Crippen LogP contribution in [0.25, 0.3) is 0 Å². The summed E-state index contributed by atoms with van der Waals surface area (Å²) in [5, 5.41) is 14.7. The Balaban J connectivity index is 0.00000280. The molecule has 0 aromatic heterocycles. The maximum atomic E-state index is 12.9. The van der Waals surface area contributed by atoms with Gasteiger partial charge in [-0.25, -0.2) is 0 Å². The number of rotatable bonds is 5. The summed E-state index contributed by atoms with van der Waals surface area (Å²) in [4.78, 5) is 39.3. The van der Waals surface area contributed by atoms with Crippen LogP contribution < -0.4 is 40.0 Å². The van der Waals surface area contributed by atoms with E-state index in [2.05, 4.69) is 5.32 Å². The molecule has 2 amide bonds. The molecule has 2 saturated carbocycles. The number of piperidine rings is 1. The number of hydrogen-bond donors (Lipinski definition) is 1. The van der Waals surface area contributed by atoms with Gasteiger partial charge in [0, 0.05) is 30.4 Å². The van der Waals surface area contributed by atoms with Crippen molar-refractivity contribution < 1.29 is 49.0 Å². The largest absolute Gasteiger partial charge is 1.00 e. The van der Waals surface area contributed by atoms with Gasteiger partial charge in [0.1, 0.15) is 6.04 Å². The average Bonchev–Trinajstić information content (AvgIpc) is 2.91. The molecule has 2 aliphatic carbocycles. The van der Waals surface area contributed by atoms with Crippen molar-refractivity contribution in [2.45, 2.75) is 102 Å². The Kier molecular flexibility index (Phi) is 9.29. The standard InChI is InChI=1S/C21H34N2O4.Na/c24-18(15-21(20(26)27)12-6-1-2-7-13-21)22-17-11-8-14-23(19(17)25)16-9-4-3-5-10-16;/h16-17H,1-15H2,(H,22,24)(H,26,27);/q;+1/p-1. The SMILES string of the molecule is O=C(CC1(C(=O)[O-])CCCCCC1)NC1CCCN(C2CCCCC2)C1=O.[Na+]. The molecule has 0 aromatic carbocycles. The van der Waals surface area contributed by atoms with E-state index in [1.807, 2.05) is 4.90 Å². The van der Waals surface area contributed by atoms with E-state index in [1.165, 1.54) is 19.3 Å². The summed E-state index contributed by atoms with van der Waals surface area (Å²) in [5.74, 6) is -1.41. The molecule has 1 unspecified atom stereocenters. The molecule has 0 bridgehead atoms. The van der Waals surface area contributed by atoms with E-state index in [-0.39, 0.29) is 47.8 Å². The fourth-order valence-electron chi connectivity index (χ4n) is 5.20. The van der Waals surface area contributed by atoms with E-state index >= 15 is 0 Å². The molecule has 6 nitrogen and oxygen atoms in total. The summed E-state index contributed by atoms with van der Waals surface area (Å²) in [5.41, 5.74) is -1.07. The normalized spacial score (nSPS) is 26.1. The first-order valence-electron chi connectivity index (χ1n) is 10.8. The number of carbonyl (C=O) groups is 3. The number of hydrogen-bond acceptors (Lipinski definition) is 4. The van der Waals surface area contributed by atoms with E-state index in [0.717, 1.165) is 51.5 Å². The average molecular weight is 400 g/mol. The molecule has 1 heterocycles. The maximum Gasteiger partial charge on any atom is 1.00 e. The number of nitrogens with one attached hydrogen (secondary N) is 1. The van der Waals surface area contributed by atoms with Gasteiger partial charge in [0.05, 0.1) is 0 Å². The van der Waals surface area contributed by atoms with Crippen LogP contribution in [-0.4, -0.2) is 41.3 Å². The summed E-state index contributed by atoms with van der Waals surface area (Å²) in [7, 11) is 0. The molecule has 0 spiro atoms. The van der Waals surface area contributed by atoms with Crippen molar-refractivity contribution in [3.8, 4) is 0 Å². The predicted molar refractivity (Wildman–Crippen MR) is 99.5 cm³/mol. The third kappa shape index (κ3) is 5.73. The van der Waals surface area contributed by atoms with Crippen molar-refractivity contribution in [2.24, 2.45) is 5.41 Å². The van der Waals surface area contributed by atoms with Gasteiger partial charge in [-0.1, -0.05) is 44.9 Å². The Morgan fingerprint density at radius 2 is 1.57 bits per heavy atom.